The number of hydrogen-bond donors (Lipinski definition) is 0. The molecule has 0 aliphatic heterocycles. The van der Waals surface area contributed by atoms with E-state index < -0.39 is 19.6 Å². The summed E-state index contributed by atoms with van der Waals surface area (Å²) >= 11 is -3.65. The van der Waals surface area contributed by atoms with Gasteiger partial charge in [0.2, 0.25) is 0 Å². The molecule has 0 amide bonds. The van der Waals surface area contributed by atoms with Crippen LogP contribution in [0.2, 0.25) is 0 Å². The van der Waals surface area contributed by atoms with E-state index >= 15 is 0 Å². The van der Waals surface area contributed by atoms with Crippen LogP contribution < -0.4 is 3.58 Å². The van der Waals surface area contributed by atoms with Gasteiger partial charge in [-0.1, -0.05) is 0 Å². The van der Waals surface area contributed by atoms with E-state index in [4.69, 9.17) is 9.22 Å². The van der Waals surface area contributed by atoms with E-state index in [9.17, 15) is 0 Å². The van der Waals surface area contributed by atoms with E-state index in [2.05, 4.69) is 30.3 Å². The molecule has 0 radical (unpaired) electrons. The quantitative estimate of drug-likeness (QED) is 0.691. The monoisotopic (exact) mass is 382 g/mol. The second kappa shape index (κ2) is 7.40. The molecule has 0 fully saturated rings. The fourth-order valence-electron chi connectivity index (χ4n) is 2.32. The summed E-state index contributed by atoms with van der Waals surface area (Å²) in [6.07, 6.45) is 0. The van der Waals surface area contributed by atoms with E-state index in [0.29, 0.717) is 19.8 Å². The molecular formula is C16H22O3Sn. The molecule has 0 spiro atoms. The van der Waals surface area contributed by atoms with Crippen molar-refractivity contribution in [3.8, 4) is 0 Å². The van der Waals surface area contributed by atoms with Gasteiger partial charge in [0.25, 0.3) is 0 Å². The molecule has 0 heterocycles. The predicted molar refractivity (Wildman–Crippen MR) is 84.2 cm³/mol. The Kier molecular flexibility index (Phi) is 5.84. The molecule has 2 rings (SSSR count). The van der Waals surface area contributed by atoms with Crippen molar-refractivity contribution in [2.75, 3.05) is 19.8 Å². The van der Waals surface area contributed by atoms with E-state index in [1.54, 1.807) is 0 Å². The summed E-state index contributed by atoms with van der Waals surface area (Å²) in [5.74, 6) is 0. The average Bonchev–Trinajstić information content (AvgIpc) is 2.47. The molecule has 0 atom stereocenters. The molecule has 3 nitrogen and oxygen atoms in total. The van der Waals surface area contributed by atoms with Crippen LogP contribution in [0.25, 0.3) is 10.8 Å². The van der Waals surface area contributed by atoms with Gasteiger partial charge in [-0.25, -0.2) is 0 Å². The third kappa shape index (κ3) is 3.34. The first-order valence-corrected chi connectivity index (χ1v) is 12.1. The maximum atomic E-state index is 6.01. The summed E-state index contributed by atoms with van der Waals surface area (Å²) < 4.78 is 19.1. The Morgan fingerprint density at radius 1 is 0.750 bits per heavy atom. The molecule has 0 unspecified atom stereocenters. The number of hydrogen-bond acceptors (Lipinski definition) is 3. The van der Waals surface area contributed by atoms with Crippen molar-refractivity contribution in [1.82, 2.24) is 0 Å². The van der Waals surface area contributed by atoms with Gasteiger partial charge in [0.05, 0.1) is 0 Å². The summed E-state index contributed by atoms with van der Waals surface area (Å²) in [6.45, 7) is 7.81. The summed E-state index contributed by atoms with van der Waals surface area (Å²) in [7, 11) is 0. The Bertz CT molecular complexity index is 539. The van der Waals surface area contributed by atoms with Gasteiger partial charge in [0.15, 0.2) is 0 Å². The molecule has 0 saturated heterocycles. The second-order valence-electron chi connectivity index (χ2n) is 4.42. The van der Waals surface area contributed by atoms with Crippen molar-refractivity contribution in [2.45, 2.75) is 20.8 Å². The first-order valence-electron chi connectivity index (χ1n) is 7.17. The number of benzene rings is 2. The van der Waals surface area contributed by atoms with Crippen LogP contribution in [0.4, 0.5) is 0 Å². The van der Waals surface area contributed by atoms with Crippen LogP contribution in [0.5, 0.6) is 0 Å². The third-order valence-corrected chi connectivity index (χ3v) is 11.7. The van der Waals surface area contributed by atoms with Gasteiger partial charge in [-0.2, -0.15) is 0 Å². The Balaban J connectivity index is 2.48. The van der Waals surface area contributed by atoms with E-state index in [0.717, 1.165) is 3.58 Å². The predicted octanol–water partition coefficient (Wildman–Crippen LogP) is 3.10. The first-order chi connectivity index (χ1) is 9.75. The molecular weight excluding hydrogens is 359 g/mol. The van der Waals surface area contributed by atoms with Gasteiger partial charge in [0.1, 0.15) is 0 Å². The second-order valence-corrected chi connectivity index (χ2v) is 11.7. The molecule has 0 saturated carbocycles. The van der Waals surface area contributed by atoms with Crippen molar-refractivity contribution in [3.05, 3.63) is 42.5 Å². The van der Waals surface area contributed by atoms with Crippen LogP contribution in [-0.4, -0.2) is 39.4 Å². The molecule has 2 aromatic carbocycles. The minimum atomic E-state index is -3.65. The molecule has 20 heavy (non-hydrogen) atoms. The van der Waals surface area contributed by atoms with Gasteiger partial charge in [-0.15, -0.1) is 0 Å². The maximum absolute atomic E-state index is 6.01. The molecule has 0 N–H and O–H groups in total. The standard InChI is InChI=1S/C10H7.3C2H5O.Sn/c1-2-6-10-8-4-3-7-9(10)5-1;3*1-2-3;/h1-3,5-8H;3*2H2,1H3;/q;3*-1;+3. The molecule has 0 aliphatic rings. The summed E-state index contributed by atoms with van der Waals surface area (Å²) in [5.41, 5.74) is 0. The van der Waals surface area contributed by atoms with Crippen LogP contribution in [0.1, 0.15) is 20.8 Å². The van der Waals surface area contributed by atoms with E-state index in [1.165, 1.54) is 10.8 Å². The Morgan fingerprint density at radius 3 is 1.85 bits per heavy atom. The normalized spacial score (nSPS) is 11.9. The van der Waals surface area contributed by atoms with Gasteiger partial charge >= 0.3 is 126 Å². The average molecular weight is 381 g/mol. The SMILES string of the molecule is CC[O][Sn]([O]CC)([O]CC)[c]1ccc2ccccc2c1. The topological polar surface area (TPSA) is 27.7 Å². The van der Waals surface area contributed by atoms with Crippen molar-refractivity contribution >= 4 is 34.0 Å². The van der Waals surface area contributed by atoms with Crippen molar-refractivity contribution in [2.24, 2.45) is 0 Å². The molecule has 4 heteroatoms. The van der Waals surface area contributed by atoms with Gasteiger partial charge < -0.3 is 0 Å². The fourth-order valence-corrected chi connectivity index (χ4v) is 9.49. The van der Waals surface area contributed by atoms with Gasteiger partial charge in [0, 0.05) is 0 Å². The fraction of sp³-hybridized carbons (Fsp3) is 0.375. The zero-order chi connectivity index (χ0) is 14.4. The van der Waals surface area contributed by atoms with Crippen LogP contribution in [0.15, 0.2) is 42.5 Å². The molecule has 108 valence electrons. The van der Waals surface area contributed by atoms with E-state index in [-0.39, 0.29) is 0 Å². The Labute approximate surface area is 126 Å². The summed E-state index contributed by atoms with van der Waals surface area (Å²) in [5, 5.41) is 2.42. The molecule has 0 aromatic heterocycles. The Hall–Kier alpha value is -0.621. The van der Waals surface area contributed by atoms with Crippen LogP contribution in [-0.2, 0) is 9.22 Å². The first kappa shape index (κ1) is 15.8. The zero-order valence-corrected chi connectivity index (χ0v) is 15.2. The zero-order valence-electron chi connectivity index (χ0n) is 12.4. The van der Waals surface area contributed by atoms with E-state index in [1.807, 2.05) is 32.9 Å². The van der Waals surface area contributed by atoms with Crippen molar-refractivity contribution < 1.29 is 9.22 Å². The third-order valence-electron chi connectivity index (χ3n) is 3.11. The molecule has 0 bridgehead atoms. The van der Waals surface area contributed by atoms with Crippen LogP contribution in [0.3, 0.4) is 0 Å². The van der Waals surface area contributed by atoms with Gasteiger partial charge in [-0.3, -0.25) is 0 Å². The Morgan fingerprint density at radius 2 is 1.30 bits per heavy atom. The summed E-state index contributed by atoms with van der Waals surface area (Å²) in [4.78, 5) is 0. The molecule has 2 aromatic rings. The summed E-state index contributed by atoms with van der Waals surface area (Å²) in [6, 6.07) is 14.7. The number of rotatable bonds is 7. The minimum absolute atomic E-state index is 0.614. The number of fused-ring (bicyclic) bond motifs is 1. The van der Waals surface area contributed by atoms with Crippen LogP contribution >= 0.6 is 0 Å². The van der Waals surface area contributed by atoms with Gasteiger partial charge in [-0.05, 0) is 0 Å². The van der Waals surface area contributed by atoms with Crippen molar-refractivity contribution in [1.29, 1.82) is 0 Å². The van der Waals surface area contributed by atoms with Crippen LogP contribution in [0, 0.1) is 0 Å². The molecule has 0 aliphatic carbocycles. The van der Waals surface area contributed by atoms with Crippen molar-refractivity contribution in [3.63, 3.8) is 0 Å².